The van der Waals surface area contributed by atoms with Crippen LogP contribution in [-0.2, 0) is 6.54 Å². The zero-order chi connectivity index (χ0) is 14.8. The van der Waals surface area contributed by atoms with Gasteiger partial charge in [-0.05, 0) is 49.9 Å². The molecule has 1 rings (SSSR count). The Morgan fingerprint density at radius 1 is 1.25 bits per heavy atom. The highest BCUT2D eigenvalue weighted by Gasteiger charge is 2.08. The van der Waals surface area contributed by atoms with E-state index in [9.17, 15) is 0 Å². The van der Waals surface area contributed by atoms with Gasteiger partial charge < -0.3 is 15.3 Å². The van der Waals surface area contributed by atoms with E-state index in [-0.39, 0.29) is 0 Å². The number of hydrogen-bond acceptors (Lipinski definition) is 3. The van der Waals surface area contributed by atoms with Gasteiger partial charge in [0.2, 0.25) is 0 Å². The van der Waals surface area contributed by atoms with Crippen LogP contribution in [0.4, 0.5) is 5.69 Å². The van der Waals surface area contributed by atoms with Crippen LogP contribution in [0.2, 0.25) is 0 Å². The molecule has 0 atom stereocenters. The molecule has 0 aromatic heterocycles. The van der Waals surface area contributed by atoms with Crippen LogP contribution in [0.5, 0.6) is 0 Å². The van der Waals surface area contributed by atoms with Gasteiger partial charge in [0.15, 0.2) is 0 Å². The molecule has 114 valence electrons. The van der Waals surface area contributed by atoms with Gasteiger partial charge >= 0.3 is 0 Å². The lowest BCUT2D eigenvalue weighted by Crippen LogP contribution is -2.22. The number of halogens is 1. The highest BCUT2D eigenvalue weighted by atomic mass is 79.9. The van der Waals surface area contributed by atoms with Gasteiger partial charge in [-0.3, -0.25) is 0 Å². The quantitative estimate of drug-likeness (QED) is 0.638. The minimum Gasteiger partial charge on any atom is -0.396 e. The molecule has 0 unspecified atom stereocenters. The average Bonchev–Trinajstić information content (AvgIpc) is 2.45. The summed E-state index contributed by atoms with van der Waals surface area (Å²) < 4.78 is 1.12. The first-order valence-electron chi connectivity index (χ1n) is 7.50. The van der Waals surface area contributed by atoms with Crippen LogP contribution in [-0.4, -0.2) is 31.9 Å². The minimum atomic E-state index is 0.298. The second-order valence-electron chi connectivity index (χ2n) is 5.16. The lowest BCUT2D eigenvalue weighted by molar-refractivity contribution is 0.283. The molecule has 1 aromatic rings. The number of unbranched alkanes of at least 4 members (excludes halogenated alkanes) is 2. The molecule has 20 heavy (non-hydrogen) atoms. The Kier molecular flexibility index (Phi) is 8.90. The fourth-order valence-electron chi connectivity index (χ4n) is 2.20. The van der Waals surface area contributed by atoms with E-state index in [2.05, 4.69) is 58.3 Å². The molecule has 2 N–H and O–H groups in total. The molecule has 0 fully saturated rings. The summed E-state index contributed by atoms with van der Waals surface area (Å²) in [6.07, 6.45) is 4.25. The molecule has 0 aliphatic heterocycles. The first-order valence-corrected chi connectivity index (χ1v) is 8.29. The smallest absolute Gasteiger partial charge is 0.0431 e. The van der Waals surface area contributed by atoms with Gasteiger partial charge in [-0.1, -0.05) is 28.9 Å². The average molecular weight is 343 g/mol. The highest BCUT2D eigenvalue weighted by Crippen LogP contribution is 2.24. The van der Waals surface area contributed by atoms with Crippen molar-refractivity contribution >= 4 is 21.6 Å². The van der Waals surface area contributed by atoms with Gasteiger partial charge in [0.05, 0.1) is 0 Å². The van der Waals surface area contributed by atoms with E-state index in [1.165, 1.54) is 11.3 Å². The van der Waals surface area contributed by atoms with Crippen LogP contribution in [0.15, 0.2) is 22.7 Å². The van der Waals surface area contributed by atoms with E-state index in [0.717, 1.165) is 49.8 Å². The van der Waals surface area contributed by atoms with Gasteiger partial charge in [-0.2, -0.15) is 0 Å². The fourth-order valence-corrected chi connectivity index (χ4v) is 2.55. The van der Waals surface area contributed by atoms with E-state index < -0.39 is 0 Å². The number of benzene rings is 1. The fraction of sp³-hybridized carbons (Fsp3) is 0.625. The van der Waals surface area contributed by atoms with Crippen molar-refractivity contribution in [3.63, 3.8) is 0 Å². The van der Waals surface area contributed by atoms with E-state index >= 15 is 0 Å². The monoisotopic (exact) mass is 342 g/mol. The molecular formula is C16H27BrN2O. The largest absolute Gasteiger partial charge is 0.396 e. The molecule has 0 radical (unpaired) electrons. The highest BCUT2D eigenvalue weighted by molar-refractivity contribution is 9.10. The predicted molar refractivity (Wildman–Crippen MR) is 90.3 cm³/mol. The molecule has 0 heterocycles. The van der Waals surface area contributed by atoms with E-state index in [4.69, 9.17) is 5.11 Å². The predicted octanol–water partition coefficient (Wildman–Crippen LogP) is 3.55. The molecule has 0 aliphatic carbocycles. The van der Waals surface area contributed by atoms with E-state index in [1.807, 2.05) is 0 Å². The van der Waals surface area contributed by atoms with Crippen molar-refractivity contribution in [3.8, 4) is 0 Å². The first kappa shape index (κ1) is 17.5. The maximum absolute atomic E-state index is 8.82. The number of anilines is 1. The topological polar surface area (TPSA) is 35.5 Å². The summed E-state index contributed by atoms with van der Waals surface area (Å²) in [5.41, 5.74) is 2.62. The SMILES string of the molecule is CCCNCc1ccc(Br)cc1N(C)CCCCCO. The van der Waals surface area contributed by atoms with Gasteiger partial charge in [-0.15, -0.1) is 0 Å². The maximum atomic E-state index is 8.82. The van der Waals surface area contributed by atoms with Crippen LogP contribution in [0, 0.1) is 0 Å². The van der Waals surface area contributed by atoms with Gasteiger partial charge in [-0.25, -0.2) is 0 Å². The van der Waals surface area contributed by atoms with E-state index in [1.54, 1.807) is 0 Å². The number of aliphatic hydroxyl groups is 1. The zero-order valence-electron chi connectivity index (χ0n) is 12.7. The standard InChI is InChI=1S/C16H27BrN2O/c1-3-9-18-13-14-7-8-15(17)12-16(14)19(2)10-5-4-6-11-20/h7-8,12,18,20H,3-6,9-11,13H2,1-2H3. The lowest BCUT2D eigenvalue weighted by Gasteiger charge is -2.23. The molecule has 4 heteroatoms. The van der Waals surface area contributed by atoms with Crippen LogP contribution < -0.4 is 10.2 Å². The summed E-state index contributed by atoms with van der Waals surface area (Å²) in [6, 6.07) is 6.48. The normalized spacial score (nSPS) is 10.8. The van der Waals surface area contributed by atoms with Gasteiger partial charge in [0.25, 0.3) is 0 Å². The third kappa shape index (κ3) is 6.25. The Bertz CT molecular complexity index is 385. The van der Waals surface area contributed by atoms with Crippen molar-refractivity contribution in [2.75, 3.05) is 31.6 Å². The second-order valence-corrected chi connectivity index (χ2v) is 6.07. The minimum absolute atomic E-state index is 0.298. The molecule has 0 saturated carbocycles. The molecule has 0 bridgehead atoms. The van der Waals surface area contributed by atoms with Gasteiger partial charge in [0.1, 0.15) is 0 Å². The van der Waals surface area contributed by atoms with Crippen LogP contribution in [0.1, 0.15) is 38.2 Å². The molecule has 0 saturated heterocycles. The van der Waals surface area contributed by atoms with Crippen molar-refractivity contribution in [2.45, 2.75) is 39.2 Å². The second kappa shape index (κ2) is 10.2. The lowest BCUT2D eigenvalue weighted by atomic mass is 10.1. The Hall–Kier alpha value is -0.580. The molecule has 0 spiro atoms. The first-order chi connectivity index (χ1) is 9.69. The Labute approximate surface area is 131 Å². The molecule has 3 nitrogen and oxygen atoms in total. The third-order valence-electron chi connectivity index (χ3n) is 3.35. The van der Waals surface area contributed by atoms with Crippen LogP contribution >= 0.6 is 15.9 Å². The Morgan fingerprint density at radius 3 is 2.75 bits per heavy atom. The number of rotatable bonds is 10. The molecule has 0 aliphatic rings. The van der Waals surface area contributed by atoms with Crippen LogP contribution in [0.25, 0.3) is 0 Å². The summed E-state index contributed by atoms with van der Waals surface area (Å²) in [5, 5.41) is 12.3. The van der Waals surface area contributed by atoms with Crippen molar-refractivity contribution in [1.29, 1.82) is 0 Å². The van der Waals surface area contributed by atoms with Gasteiger partial charge in [0, 0.05) is 36.9 Å². The zero-order valence-corrected chi connectivity index (χ0v) is 14.2. The summed E-state index contributed by atoms with van der Waals surface area (Å²) >= 11 is 3.56. The summed E-state index contributed by atoms with van der Waals surface area (Å²) in [7, 11) is 2.14. The Morgan fingerprint density at radius 2 is 2.05 bits per heavy atom. The number of hydrogen-bond donors (Lipinski definition) is 2. The molecule has 0 amide bonds. The summed E-state index contributed by atoms with van der Waals surface area (Å²) in [5.74, 6) is 0. The summed E-state index contributed by atoms with van der Waals surface area (Å²) in [6.45, 7) is 5.47. The van der Waals surface area contributed by atoms with E-state index in [0.29, 0.717) is 6.61 Å². The molecule has 1 aromatic carbocycles. The number of aliphatic hydroxyl groups excluding tert-OH is 1. The van der Waals surface area contributed by atoms with Crippen molar-refractivity contribution in [3.05, 3.63) is 28.2 Å². The van der Waals surface area contributed by atoms with Crippen molar-refractivity contribution in [1.82, 2.24) is 5.32 Å². The summed E-state index contributed by atoms with van der Waals surface area (Å²) in [4.78, 5) is 2.31. The Balaban J connectivity index is 2.62. The number of nitrogens with one attached hydrogen (secondary N) is 1. The van der Waals surface area contributed by atoms with Crippen molar-refractivity contribution < 1.29 is 5.11 Å². The van der Waals surface area contributed by atoms with Crippen molar-refractivity contribution in [2.24, 2.45) is 0 Å². The third-order valence-corrected chi connectivity index (χ3v) is 3.85. The molecular weight excluding hydrogens is 316 g/mol. The number of nitrogens with zero attached hydrogens (tertiary/aromatic N) is 1. The maximum Gasteiger partial charge on any atom is 0.0431 e. The van der Waals surface area contributed by atoms with Crippen LogP contribution in [0.3, 0.4) is 0 Å².